The summed E-state index contributed by atoms with van der Waals surface area (Å²) in [6, 6.07) is 0.427. The van der Waals surface area contributed by atoms with Gasteiger partial charge in [-0.1, -0.05) is 0 Å². The Balaban J connectivity index is 2.09. The molecule has 1 aliphatic heterocycles. The first-order valence-corrected chi connectivity index (χ1v) is 5.42. The number of rotatable bonds is 1. The molecule has 0 spiro atoms. The lowest BCUT2D eigenvalue weighted by Gasteiger charge is -2.37. The Bertz CT molecular complexity index is 268. The van der Waals surface area contributed by atoms with Crippen molar-refractivity contribution in [2.75, 3.05) is 13.1 Å². The molecule has 1 aliphatic rings. The van der Waals surface area contributed by atoms with Crippen LogP contribution in [0.5, 0.6) is 0 Å². The molecule has 3 nitrogen and oxygen atoms in total. The number of hydrogen-bond donors (Lipinski definition) is 2. The van der Waals surface area contributed by atoms with E-state index in [4.69, 9.17) is 0 Å². The van der Waals surface area contributed by atoms with Gasteiger partial charge in [-0.3, -0.25) is 4.98 Å². The van der Waals surface area contributed by atoms with Crippen LogP contribution in [-0.2, 0) is 0 Å². The maximum Gasteiger partial charge on any atom is 0.0794 e. The maximum atomic E-state index is 4.10. The summed E-state index contributed by atoms with van der Waals surface area (Å²) in [5, 5.41) is 7.03. The van der Waals surface area contributed by atoms with Gasteiger partial charge in [0.2, 0.25) is 0 Å². The van der Waals surface area contributed by atoms with E-state index in [1.54, 1.807) is 11.3 Å². The highest BCUT2D eigenvalue weighted by atomic mass is 32.1. The van der Waals surface area contributed by atoms with Crippen LogP contribution in [0.1, 0.15) is 24.8 Å². The molecule has 1 saturated heterocycles. The lowest BCUT2D eigenvalue weighted by Crippen LogP contribution is -2.56. The van der Waals surface area contributed by atoms with E-state index < -0.39 is 0 Å². The molecule has 1 atom stereocenters. The van der Waals surface area contributed by atoms with Crippen molar-refractivity contribution in [3.63, 3.8) is 0 Å². The Kier molecular flexibility index (Phi) is 2.36. The average Bonchev–Trinajstić information content (AvgIpc) is 2.53. The van der Waals surface area contributed by atoms with Crippen LogP contribution in [0.4, 0.5) is 0 Å². The molecule has 2 N–H and O–H groups in total. The maximum absolute atomic E-state index is 4.10. The van der Waals surface area contributed by atoms with E-state index >= 15 is 0 Å². The van der Waals surface area contributed by atoms with E-state index in [9.17, 15) is 0 Å². The van der Waals surface area contributed by atoms with E-state index in [1.165, 1.54) is 4.88 Å². The summed E-state index contributed by atoms with van der Waals surface area (Å²) in [5.41, 5.74) is 2.07. The minimum Gasteiger partial charge on any atom is -0.313 e. The third-order valence-electron chi connectivity index (χ3n) is 2.28. The van der Waals surface area contributed by atoms with Crippen LogP contribution < -0.4 is 10.6 Å². The molecule has 0 radical (unpaired) electrons. The van der Waals surface area contributed by atoms with Crippen molar-refractivity contribution >= 4 is 11.3 Å². The summed E-state index contributed by atoms with van der Waals surface area (Å²) in [6.07, 6.45) is 1.95. The second-order valence-corrected chi connectivity index (χ2v) is 5.03. The molecule has 1 aromatic heterocycles. The molecule has 2 heterocycles. The lowest BCUT2D eigenvalue weighted by atomic mass is 10.00. The monoisotopic (exact) mass is 197 g/mol. The van der Waals surface area contributed by atoms with Crippen LogP contribution in [0.25, 0.3) is 0 Å². The highest BCUT2D eigenvalue weighted by molar-refractivity contribution is 7.09. The molecular weight excluding hydrogens is 182 g/mol. The van der Waals surface area contributed by atoms with E-state index in [1.807, 2.05) is 11.7 Å². The average molecular weight is 197 g/mol. The van der Waals surface area contributed by atoms with Gasteiger partial charge in [-0.15, -0.1) is 11.3 Å². The lowest BCUT2D eigenvalue weighted by molar-refractivity contribution is 0.267. The minimum atomic E-state index is 0.187. The summed E-state index contributed by atoms with van der Waals surface area (Å²) in [6.45, 7) is 6.47. The number of nitrogens with one attached hydrogen (secondary N) is 2. The van der Waals surface area contributed by atoms with Crippen molar-refractivity contribution in [2.45, 2.75) is 25.4 Å². The molecule has 1 fully saturated rings. The molecule has 0 amide bonds. The molecule has 2 rings (SSSR count). The van der Waals surface area contributed by atoms with Crippen LogP contribution in [0.3, 0.4) is 0 Å². The molecular formula is C9H15N3S. The Labute approximate surface area is 82.6 Å². The second-order valence-electron chi connectivity index (χ2n) is 4.12. The largest absolute Gasteiger partial charge is 0.313 e. The van der Waals surface area contributed by atoms with Gasteiger partial charge in [0.15, 0.2) is 0 Å². The van der Waals surface area contributed by atoms with E-state index in [-0.39, 0.29) is 5.54 Å². The van der Waals surface area contributed by atoms with Gasteiger partial charge in [-0.2, -0.15) is 0 Å². The van der Waals surface area contributed by atoms with Gasteiger partial charge in [0.25, 0.3) is 0 Å². The summed E-state index contributed by atoms with van der Waals surface area (Å²) < 4.78 is 0. The first-order valence-electron chi connectivity index (χ1n) is 4.54. The van der Waals surface area contributed by atoms with Crippen molar-refractivity contribution < 1.29 is 0 Å². The number of piperazine rings is 1. The van der Waals surface area contributed by atoms with Crippen molar-refractivity contribution in [1.29, 1.82) is 0 Å². The fraction of sp³-hybridized carbons (Fsp3) is 0.667. The van der Waals surface area contributed by atoms with E-state index in [0.29, 0.717) is 6.04 Å². The van der Waals surface area contributed by atoms with Crippen molar-refractivity contribution in [2.24, 2.45) is 0 Å². The Hall–Kier alpha value is -0.450. The van der Waals surface area contributed by atoms with Gasteiger partial charge in [0.1, 0.15) is 0 Å². The number of nitrogens with zero attached hydrogens (tertiary/aromatic N) is 1. The predicted octanol–water partition coefficient (Wildman–Crippen LogP) is 1.16. The molecule has 1 aromatic rings. The van der Waals surface area contributed by atoms with Crippen LogP contribution >= 0.6 is 11.3 Å². The van der Waals surface area contributed by atoms with E-state index in [0.717, 1.165) is 13.1 Å². The number of hydrogen-bond acceptors (Lipinski definition) is 4. The second kappa shape index (κ2) is 3.36. The fourth-order valence-electron chi connectivity index (χ4n) is 1.67. The van der Waals surface area contributed by atoms with Gasteiger partial charge in [0.05, 0.1) is 11.6 Å². The summed E-state index contributed by atoms with van der Waals surface area (Å²) in [5.74, 6) is 0. The zero-order valence-electron chi connectivity index (χ0n) is 8.00. The van der Waals surface area contributed by atoms with Crippen LogP contribution in [0.15, 0.2) is 11.7 Å². The third kappa shape index (κ3) is 2.07. The third-order valence-corrected chi connectivity index (χ3v) is 3.16. The van der Waals surface area contributed by atoms with Crippen molar-refractivity contribution in [1.82, 2.24) is 15.6 Å². The molecule has 0 saturated carbocycles. The zero-order chi connectivity index (χ0) is 9.31. The summed E-state index contributed by atoms with van der Waals surface area (Å²) in [4.78, 5) is 5.42. The topological polar surface area (TPSA) is 37.0 Å². The first kappa shape index (κ1) is 9.12. The highest BCUT2D eigenvalue weighted by Crippen LogP contribution is 2.21. The molecule has 4 heteroatoms. The molecule has 72 valence electrons. The van der Waals surface area contributed by atoms with Gasteiger partial charge in [-0.25, -0.2) is 0 Å². The van der Waals surface area contributed by atoms with Gasteiger partial charge in [0, 0.05) is 29.7 Å². The standard InChI is InChI=1S/C9H15N3S/c1-9(2)5-10-3-7(12-9)8-4-11-6-13-8/h4,6-7,10,12H,3,5H2,1-2H3. The highest BCUT2D eigenvalue weighted by Gasteiger charge is 2.27. The van der Waals surface area contributed by atoms with E-state index in [2.05, 4.69) is 29.5 Å². The summed E-state index contributed by atoms with van der Waals surface area (Å²) in [7, 11) is 0. The molecule has 0 aliphatic carbocycles. The van der Waals surface area contributed by atoms with Crippen LogP contribution in [0, 0.1) is 0 Å². The van der Waals surface area contributed by atoms with Crippen LogP contribution in [0.2, 0.25) is 0 Å². The van der Waals surface area contributed by atoms with Crippen LogP contribution in [-0.4, -0.2) is 23.6 Å². The quantitative estimate of drug-likeness (QED) is 0.709. The Morgan fingerprint density at radius 2 is 2.46 bits per heavy atom. The smallest absolute Gasteiger partial charge is 0.0794 e. The Morgan fingerprint density at radius 1 is 1.62 bits per heavy atom. The molecule has 0 bridgehead atoms. The molecule has 1 unspecified atom stereocenters. The molecule has 0 aromatic carbocycles. The fourth-order valence-corrected chi connectivity index (χ4v) is 2.34. The first-order chi connectivity index (χ1) is 6.17. The van der Waals surface area contributed by atoms with Gasteiger partial charge < -0.3 is 10.6 Å². The minimum absolute atomic E-state index is 0.187. The summed E-state index contributed by atoms with van der Waals surface area (Å²) >= 11 is 1.72. The Morgan fingerprint density at radius 3 is 3.08 bits per heavy atom. The zero-order valence-corrected chi connectivity index (χ0v) is 8.82. The normalized spacial score (nSPS) is 27.4. The van der Waals surface area contributed by atoms with Crippen molar-refractivity contribution in [3.05, 3.63) is 16.6 Å². The predicted molar refractivity (Wildman–Crippen MR) is 54.9 cm³/mol. The van der Waals surface area contributed by atoms with Crippen molar-refractivity contribution in [3.8, 4) is 0 Å². The number of thiazole rings is 1. The SMILES string of the molecule is CC1(C)CNCC(c2cncs2)N1. The number of aromatic nitrogens is 1. The van der Waals surface area contributed by atoms with Gasteiger partial charge in [-0.05, 0) is 13.8 Å². The molecule has 13 heavy (non-hydrogen) atoms. The van der Waals surface area contributed by atoms with Gasteiger partial charge >= 0.3 is 0 Å².